The highest BCUT2D eigenvalue weighted by molar-refractivity contribution is 5.92. The van der Waals surface area contributed by atoms with Gasteiger partial charge in [0.2, 0.25) is 5.91 Å². The number of hydrogen-bond donors (Lipinski definition) is 1. The maximum absolute atomic E-state index is 12.3. The lowest BCUT2D eigenvalue weighted by Crippen LogP contribution is -2.20. The van der Waals surface area contributed by atoms with Crippen LogP contribution in [0.5, 0.6) is 5.75 Å². The molecule has 0 aliphatic rings. The van der Waals surface area contributed by atoms with E-state index in [4.69, 9.17) is 4.74 Å². The van der Waals surface area contributed by atoms with Crippen LogP contribution in [0.4, 0.5) is 18.9 Å². The van der Waals surface area contributed by atoms with E-state index in [-0.39, 0.29) is 23.8 Å². The lowest BCUT2D eigenvalue weighted by Gasteiger charge is -2.13. The average molecular weight is 355 g/mol. The van der Waals surface area contributed by atoms with Crippen molar-refractivity contribution >= 4 is 11.6 Å². The molecule has 0 atom stereocenters. The fourth-order valence-electron chi connectivity index (χ4n) is 2.49. The molecule has 0 bridgehead atoms. The summed E-state index contributed by atoms with van der Waals surface area (Å²) in [5, 5.41) is 6.90. The number of benzene rings is 1. The summed E-state index contributed by atoms with van der Waals surface area (Å²) >= 11 is 0. The molecule has 25 heavy (non-hydrogen) atoms. The minimum Gasteiger partial charge on any atom is -0.482 e. The van der Waals surface area contributed by atoms with Crippen LogP contribution in [0.25, 0.3) is 0 Å². The van der Waals surface area contributed by atoms with Gasteiger partial charge in [0.15, 0.2) is 6.61 Å². The van der Waals surface area contributed by atoms with E-state index < -0.39 is 12.8 Å². The van der Waals surface area contributed by atoms with Crippen molar-refractivity contribution in [3.05, 3.63) is 41.2 Å². The SMILES string of the molecule is Cc1nn(C)c(C)c1CCC(=O)Nc1ccccc1OCC(F)(F)F. The summed E-state index contributed by atoms with van der Waals surface area (Å²) in [5.74, 6) is -0.312. The number of carbonyl (C=O) groups excluding carboxylic acids is 1. The Morgan fingerprint density at radius 3 is 2.56 bits per heavy atom. The molecule has 1 heterocycles. The molecular formula is C17H20F3N3O2. The second-order valence-corrected chi connectivity index (χ2v) is 5.72. The van der Waals surface area contributed by atoms with E-state index >= 15 is 0 Å². The first-order valence-corrected chi connectivity index (χ1v) is 7.75. The molecule has 0 saturated heterocycles. The van der Waals surface area contributed by atoms with Crippen LogP contribution in [0.3, 0.4) is 0 Å². The van der Waals surface area contributed by atoms with Gasteiger partial charge in [-0.25, -0.2) is 0 Å². The molecule has 8 heteroatoms. The van der Waals surface area contributed by atoms with Gasteiger partial charge in [-0.1, -0.05) is 12.1 Å². The normalized spacial score (nSPS) is 11.4. The van der Waals surface area contributed by atoms with E-state index in [2.05, 4.69) is 10.4 Å². The number of aromatic nitrogens is 2. The predicted octanol–water partition coefficient (Wildman–Crippen LogP) is 3.55. The molecule has 1 aromatic carbocycles. The van der Waals surface area contributed by atoms with Crippen LogP contribution in [0.15, 0.2) is 24.3 Å². The molecule has 0 unspecified atom stereocenters. The van der Waals surface area contributed by atoms with Crippen molar-refractivity contribution in [2.24, 2.45) is 7.05 Å². The fraction of sp³-hybridized carbons (Fsp3) is 0.412. The smallest absolute Gasteiger partial charge is 0.422 e. The zero-order chi connectivity index (χ0) is 18.6. The standard InChI is InChI=1S/C17H20F3N3O2/c1-11-13(12(2)23(3)22-11)8-9-16(24)21-14-6-4-5-7-15(14)25-10-17(18,19)20/h4-7H,8-10H2,1-3H3,(H,21,24). The van der Waals surface area contributed by atoms with Gasteiger partial charge >= 0.3 is 6.18 Å². The summed E-state index contributed by atoms with van der Waals surface area (Å²) < 4.78 is 43.4. The number of hydrogen-bond acceptors (Lipinski definition) is 3. The number of ether oxygens (including phenoxy) is 1. The van der Waals surface area contributed by atoms with Gasteiger partial charge in [0, 0.05) is 19.2 Å². The Balaban J connectivity index is 1.98. The van der Waals surface area contributed by atoms with Crippen LogP contribution >= 0.6 is 0 Å². The molecule has 136 valence electrons. The van der Waals surface area contributed by atoms with Gasteiger partial charge in [0.1, 0.15) is 5.75 Å². The summed E-state index contributed by atoms with van der Waals surface area (Å²) in [6.45, 7) is 2.39. The van der Waals surface area contributed by atoms with E-state index in [0.717, 1.165) is 17.0 Å². The molecule has 0 aliphatic heterocycles. The molecule has 0 saturated carbocycles. The van der Waals surface area contributed by atoms with Crippen molar-refractivity contribution in [1.82, 2.24) is 9.78 Å². The van der Waals surface area contributed by atoms with Gasteiger partial charge in [0.25, 0.3) is 0 Å². The van der Waals surface area contributed by atoms with Gasteiger partial charge in [-0.3, -0.25) is 9.48 Å². The minimum atomic E-state index is -4.44. The Hall–Kier alpha value is -2.51. The molecule has 2 aromatic rings. The lowest BCUT2D eigenvalue weighted by atomic mass is 10.1. The van der Waals surface area contributed by atoms with Crippen LogP contribution in [0.1, 0.15) is 23.4 Å². The zero-order valence-electron chi connectivity index (χ0n) is 14.3. The third-order valence-corrected chi connectivity index (χ3v) is 3.81. The Bertz CT molecular complexity index is 754. The third-order valence-electron chi connectivity index (χ3n) is 3.81. The molecule has 1 amide bonds. The van der Waals surface area contributed by atoms with E-state index in [0.29, 0.717) is 6.42 Å². The largest absolute Gasteiger partial charge is 0.482 e. The van der Waals surface area contributed by atoms with Crippen LogP contribution in [0, 0.1) is 13.8 Å². The van der Waals surface area contributed by atoms with Gasteiger partial charge in [-0.05, 0) is 38.0 Å². The highest BCUT2D eigenvalue weighted by Gasteiger charge is 2.28. The maximum Gasteiger partial charge on any atom is 0.422 e. The highest BCUT2D eigenvalue weighted by Crippen LogP contribution is 2.26. The molecule has 5 nitrogen and oxygen atoms in total. The molecule has 0 radical (unpaired) electrons. The van der Waals surface area contributed by atoms with Gasteiger partial charge < -0.3 is 10.1 Å². The van der Waals surface area contributed by atoms with Crippen molar-refractivity contribution in [3.63, 3.8) is 0 Å². The van der Waals surface area contributed by atoms with Gasteiger partial charge in [-0.15, -0.1) is 0 Å². The second kappa shape index (κ2) is 7.58. The molecule has 1 N–H and O–H groups in total. The molecule has 0 fully saturated rings. The van der Waals surface area contributed by atoms with Crippen LogP contribution in [0.2, 0.25) is 0 Å². The summed E-state index contributed by atoms with van der Waals surface area (Å²) in [6.07, 6.45) is -3.74. The number of halogens is 3. The lowest BCUT2D eigenvalue weighted by molar-refractivity contribution is -0.153. The number of anilines is 1. The number of para-hydroxylation sites is 2. The third kappa shape index (κ3) is 5.23. The first-order valence-electron chi connectivity index (χ1n) is 7.75. The maximum atomic E-state index is 12.3. The Morgan fingerprint density at radius 1 is 1.28 bits per heavy atom. The summed E-state index contributed by atoms with van der Waals surface area (Å²) in [5.41, 5.74) is 3.07. The van der Waals surface area contributed by atoms with Gasteiger partial charge in [-0.2, -0.15) is 18.3 Å². The van der Waals surface area contributed by atoms with Crippen molar-refractivity contribution in [2.75, 3.05) is 11.9 Å². The molecule has 0 spiro atoms. The number of alkyl halides is 3. The van der Waals surface area contributed by atoms with Crippen molar-refractivity contribution in [3.8, 4) is 5.75 Å². The number of rotatable bonds is 6. The van der Waals surface area contributed by atoms with E-state index in [9.17, 15) is 18.0 Å². The molecular weight excluding hydrogens is 335 g/mol. The van der Waals surface area contributed by atoms with Crippen molar-refractivity contribution < 1.29 is 22.7 Å². The summed E-state index contributed by atoms with van der Waals surface area (Å²) in [4.78, 5) is 12.2. The second-order valence-electron chi connectivity index (χ2n) is 5.72. The zero-order valence-corrected chi connectivity index (χ0v) is 14.3. The number of nitrogens with one attached hydrogen (secondary N) is 1. The Labute approximate surface area is 143 Å². The Morgan fingerprint density at radius 2 is 1.96 bits per heavy atom. The van der Waals surface area contributed by atoms with Crippen molar-refractivity contribution in [1.29, 1.82) is 0 Å². The summed E-state index contributed by atoms with van der Waals surface area (Å²) in [7, 11) is 1.83. The van der Waals surface area contributed by atoms with Crippen LogP contribution in [-0.4, -0.2) is 28.5 Å². The van der Waals surface area contributed by atoms with Crippen molar-refractivity contribution in [2.45, 2.75) is 32.9 Å². The number of aryl methyl sites for hydroxylation is 2. The summed E-state index contributed by atoms with van der Waals surface area (Å²) in [6, 6.07) is 6.05. The van der Waals surface area contributed by atoms with Gasteiger partial charge in [0.05, 0.1) is 11.4 Å². The van der Waals surface area contributed by atoms with E-state index in [1.54, 1.807) is 16.8 Å². The predicted molar refractivity (Wildman–Crippen MR) is 87.6 cm³/mol. The number of nitrogens with zero attached hydrogens (tertiary/aromatic N) is 2. The quantitative estimate of drug-likeness (QED) is 0.862. The van der Waals surface area contributed by atoms with E-state index in [1.807, 2.05) is 20.9 Å². The minimum absolute atomic E-state index is 0.0121. The van der Waals surface area contributed by atoms with Crippen LogP contribution in [-0.2, 0) is 18.3 Å². The Kier molecular flexibility index (Phi) is 5.71. The molecule has 2 rings (SSSR count). The topological polar surface area (TPSA) is 56.2 Å². The monoisotopic (exact) mass is 355 g/mol. The first kappa shape index (κ1) is 18.8. The molecule has 1 aromatic heterocycles. The fourth-order valence-corrected chi connectivity index (χ4v) is 2.49. The van der Waals surface area contributed by atoms with E-state index in [1.165, 1.54) is 12.1 Å². The number of carbonyl (C=O) groups is 1. The van der Waals surface area contributed by atoms with Crippen LogP contribution < -0.4 is 10.1 Å². The first-order chi connectivity index (χ1) is 11.7. The average Bonchev–Trinajstić information content (AvgIpc) is 2.76. The highest BCUT2D eigenvalue weighted by atomic mass is 19.4. The molecule has 0 aliphatic carbocycles. The number of amides is 1.